The van der Waals surface area contributed by atoms with Crippen molar-refractivity contribution in [2.45, 2.75) is 39.8 Å². The average molecular weight is 277 g/mol. The van der Waals surface area contributed by atoms with Gasteiger partial charge in [-0.3, -0.25) is 15.4 Å². The van der Waals surface area contributed by atoms with Gasteiger partial charge in [-0.15, -0.1) is 0 Å². The summed E-state index contributed by atoms with van der Waals surface area (Å²) in [7, 11) is 1.47. The third kappa shape index (κ3) is 4.35. The van der Waals surface area contributed by atoms with Gasteiger partial charge in [0.1, 0.15) is 0 Å². The number of urea groups is 1. The van der Waals surface area contributed by atoms with E-state index >= 15 is 0 Å². The van der Waals surface area contributed by atoms with Crippen molar-refractivity contribution in [3.8, 4) is 0 Å². The standard InChI is InChI=1S/C15H23N3O2/c1-9-6-7-10(2)13(8-9)11(3)17-12(4)14(19)18-15(20)16-5/h6-8,11-12,17H,1-5H3,(H2,16,18,19,20)/t11-,12-/m0/s1. The lowest BCUT2D eigenvalue weighted by Gasteiger charge is -2.21. The van der Waals surface area contributed by atoms with Gasteiger partial charge < -0.3 is 5.32 Å². The minimum absolute atomic E-state index is 0.0281. The van der Waals surface area contributed by atoms with Gasteiger partial charge in [0, 0.05) is 13.1 Å². The molecule has 5 heteroatoms. The summed E-state index contributed by atoms with van der Waals surface area (Å²) in [5, 5.41) is 7.82. The number of carbonyl (C=O) groups is 2. The molecule has 3 N–H and O–H groups in total. The molecule has 0 saturated heterocycles. The lowest BCUT2D eigenvalue weighted by molar-refractivity contribution is -0.121. The molecule has 0 unspecified atom stereocenters. The first-order valence-corrected chi connectivity index (χ1v) is 6.71. The summed E-state index contributed by atoms with van der Waals surface area (Å²) in [5.41, 5.74) is 3.51. The zero-order valence-corrected chi connectivity index (χ0v) is 12.7. The van der Waals surface area contributed by atoms with E-state index in [0.717, 1.165) is 5.56 Å². The molecule has 3 amide bonds. The molecule has 0 aliphatic heterocycles. The van der Waals surface area contributed by atoms with E-state index in [0.29, 0.717) is 0 Å². The number of hydrogen-bond acceptors (Lipinski definition) is 3. The lowest BCUT2D eigenvalue weighted by atomic mass is 9.99. The molecule has 0 radical (unpaired) electrons. The molecule has 0 heterocycles. The van der Waals surface area contributed by atoms with Gasteiger partial charge in [-0.05, 0) is 38.8 Å². The lowest BCUT2D eigenvalue weighted by Crippen LogP contribution is -2.47. The number of benzene rings is 1. The molecule has 1 aromatic rings. The molecule has 5 nitrogen and oxygen atoms in total. The summed E-state index contributed by atoms with van der Waals surface area (Å²) in [6, 6.07) is 5.31. The first kappa shape index (κ1) is 16.2. The van der Waals surface area contributed by atoms with Gasteiger partial charge in [-0.2, -0.15) is 0 Å². The molecule has 1 aromatic carbocycles. The average Bonchev–Trinajstić information content (AvgIpc) is 2.40. The fourth-order valence-electron chi connectivity index (χ4n) is 2.05. The van der Waals surface area contributed by atoms with E-state index in [9.17, 15) is 9.59 Å². The quantitative estimate of drug-likeness (QED) is 0.786. The highest BCUT2D eigenvalue weighted by Gasteiger charge is 2.18. The van der Waals surface area contributed by atoms with E-state index in [4.69, 9.17) is 0 Å². The van der Waals surface area contributed by atoms with Crippen molar-refractivity contribution in [2.75, 3.05) is 7.05 Å². The Morgan fingerprint density at radius 2 is 1.80 bits per heavy atom. The molecule has 1 rings (SSSR count). The van der Waals surface area contributed by atoms with E-state index in [1.165, 1.54) is 18.2 Å². The van der Waals surface area contributed by atoms with E-state index in [-0.39, 0.29) is 11.9 Å². The van der Waals surface area contributed by atoms with Crippen molar-refractivity contribution >= 4 is 11.9 Å². The van der Waals surface area contributed by atoms with Crippen LogP contribution >= 0.6 is 0 Å². The largest absolute Gasteiger partial charge is 0.341 e. The van der Waals surface area contributed by atoms with Crippen LogP contribution in [0.5, 0.6) is 0 Å². The third-order valence-corrected chi connectivity index (χ3v) is 3.26. The summed E-state index contributed by atoms with van der Waals surface area (Å²) >= 11 is 0. The number of carbonyl (C=O) groups excluding carboxylic acids is 2. The van der Waals surface area contributed by atoms with Crippen LogP contribution in [-0.4, -0.2) is 25.0 Å². The van der Waals surface area contributed by atoms with Crippen molar-refractivity contribution in [1.82, 2.24) is 16.0 Å². The van der Waals surface area contributed by atoms with E-state index in [1.54, 1.807) is 6.92 Å². The molecule has 0 aliphatic carbocycles. The van der Waals surface area contributed by atoms with Gasteiger partial charge in [0.15, 0.2) is 0 Å². The van der Waals surface area contributed by atoms with Crippen LogP contribution in [0.4, 0.5) is 4.79 Å². The maximum atomic E-state index is 11.8. The molecule has 2 atom stereocenters. The zero-order valence-electron chi connectivity index (χ0n) is 12.7. The van der Waals surface area contributed by atoms with Gasteiger partial charge in [-0.25, -0.2) is 4.79 Å². The Hall–Kier alpha value is -1.88. The van der Waals surface area contributed by atoms with Gasteiger partial charge >= 0.3 is 6.03 Å². The second-order valence-electron chi connectivity index (χ2n) is 5.04. The maximum absolute atomic E-state index is 11.8. The molecular formula is C15H23N3O2. The number of amides is 3. The van der Waals surface area contributed by atoms with Crippen LogP contribution in [0.2, 0.25) is 0 Å². The summed E-state index contributed by atoms with van der Waals surface area (Å²) in [6.45, 7) is 7.82. The predicted molar refractivity (Wildman–Crippen MR) is 79.5 cm³/mol. The van der Waals surface area contributed by atoms with Crippen LogP contribution in [0, 0.1) is 13.8 Å². The molecule has 20 heavy (non-hydrogen) atoms. The van der Waals surface area contributed by atoms with Crippen molar-refractivity contribution < 1.29 is 9.59 Å². The highest BCUT2D eigenvalue weighted by molar-refractivity contribution is 5.96. The van der Waals surface area contributed by atoms with Crippen molar-refractivity contribution in [1.29, 1.82) is 0 Å². The molecule has 0 saturated carbocycles. The molecular weight excluding hydrogens is 254 g/mol. The predicted octanol–water partition coefficient (Wildman–Crippen LogP) is 1.80. The van der Waals surface area contributed by atoms with Crippen LogP contribution in [0.3, 0.4) is 0 Å². The molecule has 0 aliphatic rings. The van der Waals surface area contributed by atoms with Gasteiger partial charge in [0.25, 0.3) is 0 Å². The van der Waals surface area contributed by atoms with Crippen molar-refractivity contribution in [3.05, 3.63) is 34.9 Å². The molecule has 0 bridgehead atoms. The zero-order chi connectivity index (χ0) is 15.3. The molecule has 0 spiro atoms. The minimum Gasteiger partial charge on any atom is -0.341 e. The van der Waals surface area contributed by atoms with Gasteiger partial charge in [0.2, 0.25) is 5.91 Å². The SMILES string of the molecule is CNC(=O)NC(=O)[C@H](C)N[C@@H](C)c1cc(C)ccc1C. The molecule has 0 fully saturated rings. The Bertz CT molecular complexity index is 500. The Kier molecular flexibility index (Phi) is 5.70. The summed E-state index contributed by atoms with van der Waals surface area (Å²) < 4.78 is 0. The maximum Gasteiger partial charge on any atom is 0.321 e. The van der Waals surface area contributed by atoms with Crippen molar-refractivity contribution in [3.63, 3.8) is 0 Å². The molecule has 110 valence electrons. The van der Waals surface area contributed by atoms with Gasteiger partial charge in [-0.1, -0.05) is 23.8 Å². The normalized spacial score (nSPS) is 13.4. The smallest absolute Gasteiger partial charge is 0.321 e. The monoisotopic (exact) mass is 277 g/mol. The summed E-state index contributed by atoms with van der Waals surface area (Å²) in [6.07, 6.45) is 0. The van der Waals surface area contributed by atoms with Crippen LogP contribution in [0.15, 0.2) is 18.2 Å². The fourth-order valence-corrected chi connectivity index (χ4v) is 2.05. The van der Waals surface area contributed by atoms with E-state index in [2.05, 4.69) is 34.1 Å². The number of rotatable bonds is 4. The number of imide groups is 1. The third-order valence-electron chi connectivity index (χ3n) is 3.26. The van der Waals surface area contributed by atoms with Crippen LogP contribution in [0.1, 0.15) is 36.6 Å². The summed E-state index contributed by atoms with van der Waals surface area (Å²) in [4.78, 5) is 22.9. The van der Waals surface area contributed by atoms with Gasteiger partial charge in [0.05, 0.1) is 6.04 Å². The highest BCUT2D eigenvalue weighted by atomic mass is 16.2. The van der Waals surface area contributed by atoms with E-state index in [1.807, 2.05) is 20.8 Å². The number of aryl methyl sites for hydroxylation is 2. The number of nitrogens with one attached hydrogen (secondary N) is 3. The van der Waals surface area contributed by atoms with Crippen LogP contribution < -0.4 is 16.0 Å². The first-order valence-electron chi connectivity index (χ1n) is 6.71. The Labute approximate surface area is 120 Å². The Morgan fingerprint density at radius 1 is 1.15 bits per heavy atom. The van der Waals surface area contributed by atoms with E-state index < -0.39 is 12.1 Å². The molecule has 0 aromatic heterocycles. The van der Waals surface area contributed by atoms with Crippen molar-refractivity contribution in [2.24, 2.45) is 0 Å². The number of hydrogen-bond donors (Lipinski definition) is 3. The van der Waals surface area contributed by atoms with Crippen LogP contribution in [-0.2, 0) is 4.79 Å². The Morgan fingerprint density at radius 3 is 2.40 bits per heavy atom. The first-order chi connectivity index (χ1) is 9.35. The van der Waals surface area contributed by atoms with Crippen LogP contribution in [0.25, 0.3) is 0 Å². The fraction of sp³-hybridized carbons (Fsp3) is 0.467. The topological polar surface area (TPSA) is 70.2 Å². The Balaban J connectivity index is 2.70. The minimum atomic E-state index is -0.497. The highest BCUT2D eigenvalue weighted by Crippen LogP contribution is 2.19. The second kappa shape index (κ2) is 7.05. The summed E-state index contributed by atoms with van der Waals surface area (Å²) in [5.74, 6) is -0.346. The second-order valence-corrected chi connectivity index (χ2v) is 5.04.